The van der Waals surface area contributed by atoms with Crippen molar-refractivity contribution in [2.45, 2.75) is 19.9 Å². The van der Waals surface area contributed by atoms with Crippen molar-refractivity contribution in [2.24, 2.45) is 23.7 Å². The first-order chi connectivity index (χ1) is 10.1. The molecule has 2 aliphatic carbocycles. The first kappa shape index (κ1) is 13.9. The fourth-order valence-corrected chi connectivity index (χ4v) is 3.62. The Balaban J connectivity index is 1.69. The lowest BCUT2D eigenvalue weighted by molar-refractivity contribution is -0.147. The highest BCUT2D eigenvalue weighted by Gasteiger charge is 2.51. The largest absolute Gasteiger partial charge is 0.481 e. The van der Waals surface area contributed by atoms with Gasteiger partial charge in [0.05, 0.1) is 11.8 Å². The van der Waals surface area contributed by atoms with E-state index in [1.54, 1.807) is 0 Å². The zero-order valence-electron chi connectivity index (χ0n) is 12.0. The smallest absolute Gasteiger partial charge is 0.307 e. The number of aliphatic carboxylic acids is 1. The lowest BCUT2D eigenvalue weighted by Crippen LogP contribution is -2.39. The minimum absolute atomic E-state index is 0.0155. The second-order valence-electron chi connectivity index (χ2n) is 5.98. The van der Waals surface area contributed by atoms with E-state index in [0.717, 1.165) is 17.5 Å². The third kappa shape index (κ3) is 2.46. The van der Waals surface area contributed by atoms with Crippen molar-refractivity contribution in [1.29, 1.82) is 0 Å². The third-order valence-corrected chi connectivity index (χ3v) is 4.76. The number of carbonyl (C=O) groups excluding carboxylic acids is 1. The number of benzene rings is 1. The first-order valence-electron chi connectivity index (χ1n) is 7.31. The van der Waals surface area contributed by atoms with E-state index in [0.29, 0.717) is 6.54 Å². The lowest BCUT2D eigenvalue weighted by atomic mass is 9.82. The molecule has 4 heteroatoms. The van der Waals surface area contributed by atoms with Crippen LogP contribution >= 0.6 is 0 Å². The van der Waals surface area contributed by atoms with Gasteiger partial charge in [0, 0.05) is 6.54 Å². The molecule has 2 bridgehead atoms. The van der Waals surface area contributed by atoms with Crippen LogP contribution in [0, 0.1) is 30.6 Å². The summed E-state index contributed by atoms with van der Waals surface area (Å²) in [4.78, 5) is 23.8. The van der Waals surface area contributed by atoms with Crippen molar-refractivity contribution in [3.63, 3.8) is 0 Å². The van der Waals surface area contributed by atoms with Gasteiger partial charge in [0.15, 0.2) is 0 Å². The quantitative estimate of drug-likeness (QED) is 0.833. The normalized spacial score (nSPS) is 29.6. The van der Waals surface area contributed by atoms with E-state index in [4.69, 9.17) is 0 Å². The van der Waals surface area contributed by atoms with Gasteiger partial charge in [-0.3, -0.25) is 9.59 Å². The van der Waals surface area contributed by atoms with Crippen molar-refractivity contribution in [3.8, 4) is 0 Å². The number of aryl methyl sites for hydroxylation is 1. The molecule has 21 heavy (non-hydrogen) atoms. The monoisotopic (exact) mass is 285 g/mol. The zero-order valence-corrected chi connectivity index (χ0v) is 12.0. The molecule has 2 N–H and O–H groups in total. The number of carbonyl (C=O) groups is 2. The van der Waals surface area contributed by atoms with E-state index in [2.05, 4.69) is 5.32 Å². The molecule has 1 amide bonds. The Bertz CT molecular complexity index is 608. The maximum atomic E-state index is 12.4. The Kier molecular flexibility index (Phi) is 3.53. The SMILES string of the molecule is Cc1ccccc1CNC(=O)[C@H]1C2C=CC(C2)[C@H]1C(=O)O. The highest BCUT2D eigenvalue weighted by atomic mass is 16.4. The van der Waals surface area contributed by atoms with Crippen molar-refractivity contribution in [2.75, 3.05) is 0 Å². The van der Waals surface area contributed by atoms with Crippen LogP contribution in [0.5, 0.6) is 0 Å². The van der Waals surface area contributed by atoms with Gasteiger partial charge in [0.1, 0.15) is 0 Å². The fraction of sp³-hybridized carbons (Fsp3) is 0.412. The topological polar surface area (TPSA) is 66.4 Å². The number of allylic oxidation sites excluding steroid dienone is 2. The van der Waals surface area contributed by atoms with Crippen LogP contribution in [0.25, 0.3) is 0 Å². The number of carboxylic acids is 1. The standard InChI is InChI=1S/C17H19NO3/c1-10-4-2-3-5-13(10)9-18-16(19)14-11-6-7-12(8-11)15(14)17(20)21/h2-7,11-12,14-15H,8-9H2,1H3,(H,18,19)(H,20,21)/t11?,12?,14-,15+/m0/s1. The second kappa shape index (κ2) is 5.35. The molecule has 1 fully saturated rings. The van der Waals surface area contributed by atoms with E-state index in [9.17, 15) is 14.7 Å². The maximum Gasteiger partial charge on any atom is 0.307 e. The predicted octanol–water partition coefficient (Wildman–Crippen LogP) is 2.13. The number of amides is 1. The zero-order chi connectivity index (χ0) is 15.0. The average molecular weight is 285 g/mol. The molecule has 3 rings (SSSR count). The van der Waals surface area contributed by atoms with E-state index in [1.165, 1.54) is 0 Å². The van der Waals surface area contributed by atoms with Crippen LogP contribution in [0.1, 0.15) is 17.5 Å². The summed E-state index contributed by atoms with van der Waals surface area (Å²) < 4.78 is 0. The Morgan fingerprint density at radius 1 is 1.19 bits per heavy atom. The Labute approximate surface area is 123 Å². The molecule has 1 aromatic carbocycles. The van der Waals surface area contributed by atoms with Gasteiger partial charge in [-0.2, -0.15) is 0 Å². The molecule has 0 aromatic heterocycles. The summed E-state index contributed by atoms with van der Waals surface area (Å²) in [5.74, 6) is -1.90. The van der Waals surface area contributed by atoms with E-state index < -0.39 is 17.8 Å². The van der Waals surface area contributed by atoms with Crippen LogP contribution in [-0.2, 0) is 16.1 Å². The molecule has 0 spiro atoms. The van der Waals surface area contributed by atoms with E-state index in [1.807, 2.05) is 43.3 Å². The van der Waals surface area contributed by atoms with Gasteiger partial charge in [0.2, 0.25) is 5.91 Å². The molecule has 1 saturated carbocycles. The number of fused-ring (bicyclic) bond motifs is 2. The number of carboxylic acid groups (broad SMARTS) is 1. The summed E-state index contributed by atoms with van der Waals surface area (Å²) in [6.07, 6.45) is 4.75. The summed E-state index contributed by atoms with van der Waals surface area (Å²) in [5.41, 5.74) is 2.19. The third-order valence-electron chi connectivity index (χ3n) is 4.76. The van der Waals surface area contributed by atoms with Crippen LogP contribution in [-0.4, -0.2) is 17.0 Å². The molecule has 110 valence electrons. The van der Waals surface area contributed by atoms with Crippen molar-refractivity contribution < 1.29 is 14.7 Å². The molecule has 2 aliphatic rings. The van der Waals surface area contributed by atoms with Gasteiger partial charge < -0.3 is 10.4 Å². The van der Waals surface area contributed by atoms with Gasteiger partial charge in [-0.05, 0) is 36.3 Å². The van der Waals surface area contributed by atoms with Crippen LogP contribution < -0.4 is 5.32 Å². The summed E-state index contributed by atoms with van der Waals surface area (Å²) in [5, 5.41) is 12.3. The van der Waals surface area contributed by atoms with Crippen LogP contribution in [0.4, 0.5) is 0 Å². The molecular formula is C17H19NO3. The van der Waals surface area contributed by atoms with Crippen LogP contribution in [0.15, 0.2) is 36.4 Å². The first-order valence-corrected chi connectivity index (χ1v) is 7.31. The number of hydrogen-bond acceptors (Lipinski definition) is 2. The Morgan fingerprint density at radius 3 is 2.52 bits per heavy atom. The van der Waals surface area contributed by atoms with Gasteiger partial charge in [-0.15, -0.1) is 0 Å². The summed E-state index contributed by atoms with van der Waals surface area (Å²) in [6.45, 7) is 2.46. The summed E-state index contributed by atoms with van der Waals surface area (Å²) >= 11 is 0. The fourth-order valence-electron chi connectivity index (χ4n) is 3.62. The molecule has 1 aromatic rings. The maximum absolute atomic E-state index is 12.4. The predicted molar refractivity (Wildman–Crippen MR) is 78.4 cm³/mol. The number of hydrogen-bond donors (Lipinski definition) is 2. The molecule has 4 atom stereocenters. The van der Waals surface area contributed by atoms with Gasteiger partial charge in [0.25, 0.3) is 0 Å². The lowest BCUT2D eigenvalue weighted by Gasteiger charge is -2.24. The van der Waals surface area contributed by atoms with Crippen LogP contribution in [0.3, 0.4) is 0 Å². The Morgan fingerprint density at radius 2 is 1.86 bits per heavy atom. The molecule has 0 radical (unpaired) electrons. The highest BCUT2D eigenvalue weighted by Crippen LogP contribution is 2.48. The summed E-state index contributed by atoms with van der Waals surface area (Å²) in [6, 6.07) is 7.88. The van der Waals surface area contributed by atoms with Gasteiger partial charge in [-0.1, -0.05) is 36.4 Å². The molecular weight excluding hydrogens is 266 g/mol. The minimum Gasteiger partial charge on any atom is -0.481 e. The second-order valence-corrected chi connectivity index (χ2v) is 5.98. The molecule has 4 nitrogen and oxygen atoms in total. The van der Waals surface area contributed by atoms with E-state index >= 15 is 0 Å². The summed E-state index contributed by atoms with van der Waals surface area (Å²) in [7, 11) is 0. The van der Waals surface area contributed by atoms with Crippen molar-refractivity contribution in [1.82, 2.24) is 5.32 Å². The van der Waals surface area contributed by atoms with Gasteiger partial charge >= 0.3 is 5.97 Å². The number of rotatable bonds is 4. The van der Waals surface area contributed by atoms with Crippen LogP contribution in [0.2, 0.25) is 0 Å². The van der Waals surface area contributed by atoms with Gasteiger partial charge in [-0.25, -0.2) is 0 Å². The highest BCUT2D eigenvalue weighted by molar-refractivity contribution is 5.86. The molecule has 0 aliphatic heterocycles. The molecule has 2 unspecified atom stereocenters. The minimum atomic E-state index is -0.858. The average Bonchev–Trinajstić information content (AvgIpc) is 3.06. The molecule has 0 saturated heterocycles. The van der Waals surface area contributed by atoms with Crippen molar-refractivity contribution in [3.05, 3.63) is 47.5 Å². The Hall–Kier alpha value is -2.10. The molecule has 0 heterocycles. The number of nitrogens with one attached hydrogen (secondary N) is 1. The van der Waals surface area contributed by atoms with Crippen molar-refractivity contribution >= 4 is 11.9 Å². The van der Waals surface area contributed by atoms with E-state index in [-0.39, 0.29) is 17.7 Å².